The van der Waals surface area contributed by atoms with Gasteiger partial charge in [-0.15, -0.1) is 12.3 Å². The molecule has 7 nitrogen and oxygen atoms in total. The summed E-state index contributed by atoms with van der Waals surface area (Å²) >= 11 is 0. The number of hydrogen-bond donors (Lipinski definition) is 1. The lowest BCUT2D eigenvalue weighted by atomic mass is 10.0. The van der Waals surface area contributed by atoms with Gasteiger partial charge in [-0.3, -0.25) is 4.79 Å². The summed E-state index contributed by atoms with van der Waals surface area (Å²) in [6, 6.07) is 8.33. The number of carbonyl (C=O) groups excluding carboxylic acids is 1. The van der Waals surface area contributed by atoms with Gasteiger partial charge < -0.3 is 10.1 Å². The average molecular weight is 499 g/mol. The maximum absolute atomic E-state index is 14.5. The highest BCUT2D eigenvalue weighted by Crippen LogP contribution is 2.33. The maximum atomic E-state index is 14.5. The van der Waals surface area contributed by atoms with Gasteiger partial charge in [0.2, 0.25) is 0 Å². The summed E-state index contributed by atoms with van der Waals surface area (Å²) in [6.07, 6.45) is 11.0. The van der Waals surface area contributed by atoms with E-state index in [0.717, 1.165) is 12.3 Å². The molecule has 182 valence electrons. The van der Waals surface area contributed by atoms with E-state index in [-0.39, 0.29) is 23.6 Å². The van der Waals surface area contributed by atoms with Crippen LogP contribution < -0.4 is 10.1 Å². The van der Waals surface area contributed by atoms with E-state index in [1.165, 1.54) is 37.8 Å². The third-order valence-corrected chi connectivity index (χ3v) is 6.64. The Hall–Kier alpha value is -3.84. The monoisotopic (exact) mass is 498 g/mol. The smallest absolute Gasteiger partial charge is 0.254 e. The molecule has 0 aliphatic carbocycles. The molecule has 0 spiro atoms. The Bertz CT molecular complexity index is 1380. The summed E-state index contributed by atoms with van der Waals surface area (Å²) in [5, 5.41) is 2.94. The van der Waals surface area contributed by atoms with Gasteiger partial charge >= 0.3 is 0 Å². The van der Waals surface area contributed by atoms with E-state index in [2.05, 4.69) is 25.6 Å². The number of nitrogens with one attached hydrogen (secondary N) is 1. The second kappa shape index (κ2) is 11.5. The number of unbranched alkanes of at least 4 members (excludes halogenated alkanes) is 2. The molecule has 1 aromatic carbocycles. The molecule has 0 saturated carbocycles. The van der Waals surface area contributed by atoms with Crippen molar-refractivity contribution in [3.05, 3.63) is 60.4 Å². The van der Waals surface area contributed by atoms with Gasteiger partial charge in [-0.2, -0.15) is 4.36 Å². The fourth-order valence-corrected chi connectivity index (χ4v) is 4.36. The number of nitrogens with zero attached hydrogens (tertiary/aromatic N) is 3. The van der Waals surface area contributed by atoms with Crippen molar-refractivity contribution in [1.82, 2.24) is 9.97 Å². The highest BCUT2D eigenvalue weighted by molar-refractivity contribution is 7.93. The quantitative estimate of drug-likeness (QED) is 0.316. The standard InChI is InChI=1S/C25H24F2N4O3S/c1-4-5-6-7-8-25(32)31-35(3,33)18-10-12-23(28-15-18)30-24-14-20(21(27)16-29-24)19-11-9-17(26)13-22(19)34-2/h1,9-16H,5-8H2,2-3H3,(H,28,29,30). The van der Waals surface area contributed by atoms with Gasteiger partial charge in [0.1, 0.15) is 29.0 Å². The molecular weight excluding hydrogens is 474 g/mol. The largest absolute Gasteiger partial charge is 0.496 e. The number of halogens is 2. The molecule has 10 heteroatoms. The lowest BCUT2D eigenvalue weighted by Gasteiger charge is -2.12. The summed E-state index contributed by atoms with van der Waals surface area (Å²) in [6.45, 7) is 0. The number of aromatic nitrogens is 2. The fourth-order valence-electron chi connectivity index (χ4n) is 3.21. The first-order valence-corrected chi connectivity index (χ1v) is 12.6. The number of methoxy groups -OCH3 is 1. The zero-order valence-corrected chi connectivity index (χ0v) is 20.1. The first-order valence-electron chi connectivity index (χ1n) is 10.6. The van der Waals surface area contributed by atoms with Crippen LogP contribution in [0.5, 0.6) is 5.75 Å². The number of ether oxygens (including phenoxy) is 1. The molecular formula is C25H24F2N4O3S. The minimum atomic E-state index is -2.97. The number of pyridine rings is 2. The van der Waals surface area contributed by atoms with Gasteiger partial charge in [0.25, 0.3) is 5.91 Å². The van der Waals surface area contributed by atoms with Gasteiger partial charge in [0.05, 0.1) is 27.9 Å². The third-order valence-electron chi connectivity index (χ3n) is 4.98. The lowest BCUT2D eigenvalue weighted by Crippen LogP contribution is -2.05. The molecule has 0 aliphatic heterocycles. The Morgan fingerprint density at radius 1 is 1.11 bits per heavy atom. The molecule has 1 N–H and O–H groups in total. The van der Waals surface area contributed by atoms with Gasteiger partial charge in [-0.05, 0) is 43.2 Å². The van der Waals surface area contributed by atoms with Gasteiger partial charge in [-0.25, -0.2) is 23.0 Å². The van der Waals surface area contributed by atoms with Crippen LogP contribution in [-0.2, 0) is 14.5 Å². The highest BCUT2D eigenvalue weighted by atomic mass is 32.2. The van der Waals surface area contributed by atoms with Gasteiger partial charge in [0.15, 0.2) is 0 Å². The van der Waals surface area contributed by atoms with Crippen molar-refractivity contribution in [1.29, 1.82) is 0 Å². The van der Waals surface area contributed by atoms with Crippen LogP contribution in [0.3, 0.4) is 0 Å². The second-order valence-electron chi connectivity index (χ2n) is 7.60. The molecule has 0 radical (unpaired) electrons. The van der Waals surface area contributed by atoms with Crippen molar-refractivity contribution in [2.75, 3.05) is 18.7 Å². The number of benzene rings is 1. The van der Waals surface area contributed by atoms with Crippen LogP contribution >= 0.6 is 0 Å². The Labute approximate surface area is 203 Å². The van der Waals surface area contributed by atoms with E-state index >= 15 is 0 Å². The third kappa shape index (κ3) is 6.83. The van der Waals surface area contributed by atoms with Crippen molar-refractivity contribution >= 4 is 27.3 Å². The van der Waals surface area contributed by atoms with E-state index in [4.69, 9.17) is 11.2 Å². The van der Waals surface area contributed by atoms with E-state index in [1.807, 2.05) is 0 Å². The summed E-state index contributed by atoms with van der Waals surface area (Å²) in [5.41, 5.74) is 0.517. The predicted molar refractivity (Wildman–Crippen MR) is 131 cm³/mol. The molecule has 3 rings (SSSR count). The average Bonchev–Trinajstić information content (AvgIpc) is 2.83. The van der Waals surface area contributed by atoms with Crippen LogP contribution in [0.15, 0.2) is 58.1 Å². The zero-order chi connectivity index (χ0) is 25.4. The van der Waals surface area contributed by atoms with Crippen LogP contribution in [-0.4, -0.2) is 33.4 Å². The molecule has 0 bridgehead atoms. The predicted octanol–water partition coefficient (Wildman–Crippen LogP) is 5.35. The topological polar surface area (TPSA) is 93.5 Å². The highest BCUT2D eigenvalue weighted by Gasteiger charge is 2.14. The van der Waals surface area contributed by atoms with Crippen LogP contribution in [0.1, 0.15) is 25.7 Å². The summed E-state index contributed by atoms with van der Waals surface area (Å²) in [7, 11) is -1.60. The van der Waals surface area contributed by atoms with Crippen molar-refractivity contribution in [3.8, 4) is 29.2 Å². The fraction of sp³-hybridized carbons (Fsp3) is 0.240. The number of hydrogen-bond acceptors (Lipinski definition) is 6. The SMILES string of the molecule is C#CCCCCC(=O)N=S(C)(=O)c1ccc(Nc2cc(-c3ccc(F)cc3OC)c(F)cn2)nc1. The van der Waals surface area contributed by atoms with Crippen LogP contribution in [0, 0.1) is 24.0 Å². The first-order chi connectivity index (χ1) is 16.7. The zero-order valence-electron chi connectivity index (χ0n) is 19.3. The Balaban J connectivity index is 1.78. The molecule has 1 atom stereocenters. The number of rotatable bonds is 9. The second-order valence-corrected chi connectivity index (χ2v) is 9.86. The summed E-state index contributed by atoms with van der Waals surface area (Å²) in [4.78, 5) is 20.6. The minimum Gasteiger partial charge on any atom is -0.496 e. The summed E-state index contributed by atoms with van der Waals surface area (Å²) in [5.74, 6) is 1.74. The van der Waals surface area contributed by atoms with Gasteiger partial charge in [-0.1, -0.05) is 0 Å². The molecule has 1 unspecified atom stereocenters. The van der Waals surface area contributed by atoms with E-state index in [9.17, 15) is 17.8 Å². The molecule has 0 fully saturated rings. The minimum absolute atomic E-state index is 0.159. The molecule has 3 aromatic rings. The van der Waals surface area contributed by atoms with Crippen LogP contribution in [0.4, 0.5) is 20.4 Å². The van der Waals surface area contributed by atoms with Crippen molar-refractivity contribution < 1.29 is 22.5 Å². The molecule has 0 saturated heterocycles. The number of terminal acetylenes is 1. The molecule has 2 aromatic heterocycles. The van der Waals surface area contributed by atoms with E-state index in [1.54, 1.807) is 12.1 Å². The van der Waals surface area contributed by atoms with Crippen molar-refractivity contribution in [3.63, 3.8) is 0 Å². The van der Waals surface area contributed by atoms with E-state index < -0.39 is 27.3 Å². The van der Waals surface area contributed by atoms with Crippen molar-refractivity contribution in [2.45, 2.75) is 30.6 Å². The molecule has 35 heavy (non-hydrogen) atoms. The molecule has 0 aliphatic rings. The number of amides is 1. The maximum Gasteiger partial charge on any atom is 0.254 e. The molecule has 2 heterocycles. The lowest BCUT2D eigenvalue weighted by molar-refractivity contribution is -0.117. The van der Waals surface area contributed by atoms with E-state index in [0.29, 0.717) is 35.5 Å². The molecule has 1 amide bonds. The normalized spacial score (nSPS) is 12.3. The van der Waals surface area contributed by atoms with Gasteiger partial charge in [0, 0.05) is 42.5 Å². The number of carbonyl (C=O) groups is 1. The number of anilines is 2. The Morgan fingerprint density at radius 3 is 2.57 bits per heavy atom. The summed E-state index contributed by atoms with van der Waals surface area (Å²) < 4.78 is 49.9. The van der Waals surface area contributed by atoms with Crippen molar-refractivity contribution in [2.24, 2.45) is 4.36 Å². The first kappa shape index (κ1) is 25.8. The van der Waals surface area contributed by atoms with Crippen LogP contribution in [0.25, 0.3) is 11.1 Å². The Kier molecular flexibility index (Phi) is 8.49. The Morgan fingerprint density at radius 2 is 1.89 bits per heavy atom. The van der Waals surface area contributed by atoms with Crippen LogP contribution in [0.2, 0.25) is 0 Å².